The smallest absolute Gasteiger partial charge is 0.155 e. The van der Waals surface area contributed by atoms with Crippen LogP contribution in [0.25, 0.3) is 10.2 Å². The van der Waals surface area contributed by atoms with Gasteiger partial charge in [0.25, 0.3) is 0 Å². The molecule has 2 aromatic heterocycles. The van der Waals surface area contributed by atoms with Gasteiger partial charge in [0.2, 0.25) is 0 Å². The van der Waals surface area contributed by atoms with E-state index in [9.17, 15) is 0 Å². The molecule has 2 rings (SSSR count). The van der Waals surface area contributed by atoms with Gasteiger partial charge in [0.1, 0.15) is 11.3 Å². The molecule has 2 aromatic rings. The third-order valence-corrected chi connectivity index (χ3v) is 1.96. The van der Waals surface area contributed by atoms with Crippen LogP contribution in [0.15, 0.2) is 6.07 Å². The van der Waals surface area contributed by atoms with Crippen molar-refractivity contribution in [2.75, 3.05) is 11.5 Å². The molecular formula is C5H5N5S. The van der Waals surface area contributed by atoms with Crippen molar-refractivity contribution in [3.63, 3.8) is 0 Å². The van der Waals surface area contributed by atoms with Gasteiger partial charge in [0.05, 0.1) is 4.70 Å². The number of anilines is 2. The lowest BCUT2D eigenvalue weighted by atomic mass is 10.4. The van der Waals surface area contributed by atoms with Crippen LogP contribution in [0.2, 0.25) is 0 Å². The normalized spacial score (nSPS) is 10.5. The second-order valence-electron chi connectivity index (χ2n) is 2.05. The maximum absolute atomic E-state index is 5.51. The fraction of sp³-hybridized carbons (Fsp3) is 0. The van der Waals surface area contributed by atoms with Crippen molar-refractivity contribution in [3.8, 4) is 0 Å². The first-order chi connectivity index (χ1) is 5.27. The lowest BCUT2D eigenvalue weighted by Crippen LogP contribution is -1.96. The highest BCUT2D eigenvalue weighted by Crippen LogP contribution is 2.21. The van der Waals surface area contributed by atoms with Gasteiger partial charge in [-0.25, -0.2) is 4.98 Å². The summed E-state index contributed by atoms with van der Waals surface area (Å²) in [6.07, 6.45) is 0. The van der Waals surface area contributed by atoms with Gasteiger partial charge < -0.3 is 11.5 Å². The summed E-state index contributed by atoms with van der Waals surface area (Å²) in [6.45, 7) is 0. The number of nitrogens with zero attached hydrogens (tertiary/aromatic N) is 3. The monoisotopic (exact) mass is 167 g/mol. The van der Waals surface area contributed by atoms with Crippen molar-refractivity contribution in [1.29, 1.82) is 0 Å². The molecule has 0 aromatic carbocycles. The van der Waals surface area contributed by atoms with Gasteiger partial charge in [-0.05, 0) is 11.5 Å². The molecule has 2 heterocycles. The predicted molar refractivity (Wildman–Crippen MR) is 44.0 cm³/mol. The Morgan fingerprint density at radius 2 is 2.18 bits per heavy atom. The topological polar surface area (TPSA) is 90.7 Å². The van der Waals surface area contributed by atoms with Crippen LogP contribution >= 0.6 is 11.5 Å². The highest BCUT2D eigenvalue weighted by molar-refractivity contribution is 7.13. The van der Waals surface area contributed by atoms with Gasteiger partial charge >= 0.3 is 0 Å². The van der Waals surface area contributed by atoms with E-state index in [1.165, 1.54) is 11.5 Å². The molecule has 11 heavy (non-hydrogen) atoms. The molecule has 0 radical (unpaired) electrons. The van der Waals surface area contributed by atoms with E-state index in [4.69, 9.17) is 11.5 Å². The van der Waals surface area contributed by atoms with Gasteiger partial charge in [-0.2, -0.15) is 0 Å². The summed E-state index contributed by atoms with van der Waals surface area (Å²) in [5.74, 6) is 0.745. The highest BCUT2D eigenvalue weighted by atomic mass is 32.1. The number of nitrogen functional groups attached to an aromatic ring is 2. The predicted octanol–water partition coefficient (Wildman–Crippen LogP) is 0.251. The van der Waals surface area contributed by atoms with Crippen LogP contribution < -0.4 is 11.5 Å². The third-order valence-electron chi connectivity index (χ3n) is 1.28. The second-order valence-corrected chi connectivity index (χ2v) is 2.84. The fourth-order valence-corrected chi connectivity index (χ4v) is 1.44. The van der Waals surface area contributed by atoms with Gasteiger partial charge in [-0.3, -0.25) is 0 Å². The molecule has 0 aliphatic rings. The number of hydrogen-bond donors (Lipinski definition) is 2. The number of rotatable bonds is 0. The molecule has 0 aliphatic carbocycles. The van der Waals surface area contributed by atoms with Gasteiger partial charge in [-0.15, -0.1) is 5.10 Å². The number of aromatic nitrogens is 3. The molecule has 56 valence electrons. The summed E-state index contributed by atoms with van der Waals surface area (Å²) < 4.78 is 4.59. The zero-order chi connectivity index (χ0) is 7.84. The molecule has 0 fully saturated rings. The first-order valence-corrected chi connectivity index (χ1v) is 3.69. The molecule has 0 saturated heterocycles. The summed E-state index contributed by atoms with van der Waals surface area (Å²) in [5, 5.41) is 3.78. The van der Waals surface area contributed by atoms with Crippen molar-refractivity contribution >= 4 is 33.4 Å². The second kappa shape index (κ2) is 2.03. The lowest BCUT2D eigenvalue weighted by molar-refractivity contribution is 1.19. The van der Waals surface area contributed by atoms with E-state index in [1.807, 2.05) is 0 Å². The Balaban J connectivity index is 2.91. The van der Waals surface area contributed by atoms with E-state index in [0.29, 0.717) is 17.2 Å². The third kappa shape index (κ3) is 0.874. The molecule has 0 amide bonds. The van der Waals surface area contributed by atoms with Gasteiger partial charge in [0.15, 0.2) is 5.82 Å². The largest absolute Gasteiger partial charge is 0.384 e. The average Bonchev–Trinajstić information content (AvgIpc) is 2.34. The number of nitrogens with two attached hydrogens (primary N) is 2. The SMILES string of the molecule is Nc1cc2snnc2c(N)n1. The maximum atomic E-state index is 5.51. The summed E-state index contributed by atoms with van der Waals surface area (Å²) in [5.41, 5.74) is 11.6. The zero-order valence-corrected chi connectivity index (χ0v) is 6.30. The van der Waals surface area contributed by atoms with E-state index in [-0.39, 0.29) is 0 Å². The Hall–Kier alpha value is -1.43. The van der Waals surface area contributed by atoms with Crippen LogP contribution in [0.5, 0.6) is 0 Å². The first kappa shape index (κ1) is 6.29. The van der Waals surface area contributed by atoms with E-state index >= 15 is 0 Å². The molecule has 0 spiro atoms. The van der Waals surface area contributed by atoms with Crippen LogP contribution in [0.3, 0.4) is 0 Å². The highest BCUT2D eigenvalue weighted by Gasteiger charge is 2.03. The Morgan fingerprint density at radius 3 is 3.00 bits per heavy atom. The summed E-state index contributed by atoms with van der Waals surface area (Å²) in [7, 11) is 0. The lowest BCUT2D eigenvalue weighted by Gasteiger charge is -1.93. The van der Waals surface area contributed by atoms with E-state index in [1.54, 1.807) is 6.07 Å². The molecular weight excluding hydrogens is 162 g/mol. The van der Waals surface area contributed by atoms with Gasteiger partial charge in [0, 0.05) is 6.07 Å². The van der Waals surface area contributed by atoms with Gasteiger partial charge in [-0.1, -0.05) is 4.49 Å². The van der Waals surface area contributed by atoms with Crippen LogP contribution in [0, 0.1) is 0 Å². The van der Waals surface area contributed by atoms with Crippen LogP contribution in [0.1, 0.15) is 0 Å². The molecule has 0 atom stereocenters. The van der Waals surface area contributed by atoms with Crippen molar-refractivity contribution < 1.29 is 0 Å². The van der Waals surface area contributed by atoms with Crippen LogP contribution in [-0.4, -0.2) is 14.6 Å². The van der Waals surface area contributed by atoms with Crippen molar-refractivity contribution in [3.05, 3.63) is 6.07 Å². The Bertz CT molecular complexity index is 395. The zero-order valence-electron chi connectivity index (χ0n) is 5.48. The van der Waals surface area contributed by atoms with Crippen LogP contribution in [-0.2, 0) is 0 Å². The Kier molecular flexibility index (Phi) is 1.16. The minimum Gasteiger partial charge on any atom is -0.384 e. The summed E-state index contributed by atoms with van der Waals surface area (Å²) in [6, 6.07) is 1.70. The molecule has 0 bridgehead atoms. The standard InChI is InChI=1S/C5H5N5S/c6-3-1-2-4(5(7)8-3)9-10-11-2/h1H,(H4,6,7,8). The molecule has 5 nitrogen and oxygen atoms in total. The average molecular weight is 167 g/mol. The Morgan fingerprint density at radius 1 is 1.36 bits per heavy atom. The molecule has 0 saturated carbocycles. The summed E-state index contributed by atoms with van der Waals surface area (Å²) in [4.78, 5) is 3.83. The van der Waals surface area contributed by atoms with E-state index in [0.717, 1.165) is 4.70 Å². The first-order valence-electron chi connectivity index (χ1n) is 2.91. The molecule has 6 heteroatoms. The maximum Gasteiger partial charge on any atom is 0.155 e. The number of pyridine rings is 1. The minimum atomic E-state index is 0.341. The number of fused-ring (bicyclic) bond motifs is 1. The molecule has 0 unspecified atom stereocenters. The fourth-order valence-electron chi connectivity index (χ4n) is 0.829. The molecule has 0 aliphatic heterocycles. The van der Waals surface area contributed by atoms with E-state index in [2.05, 4.69) is 14.6 Å². The van der Waals surface area contributed by atoms with Crippen molar-refractivity contribution in [2.45, 2.75) is 0 Å². The van der Waals surface area contributed by atoms with Crippen molar-refractivity contribution in [1.82, 2.24) is 14.6 Å². The summed E-state index contributed by atoms with van der Waals surface area (Å²) >= 11 is 1.25. The quantitative estimate of drug-likeness (QED) is 0.587. The van der Waals surface area contributed by atoms with Crippen molar-refractivity contribution in [2.24, 2.45) is 0 Å². The minimum absolute atomic E-state index is 0.341. The van der Waals surface area contributed by atoms with Crippen LogP contribution in [0.4, 0.5) is 11.6 Å². The van der Waals surface area contributed by atoms with E-state index < -0.39 is 0 Å². The molecule has 4 N–H and O–H groups in total. The Labute approximate surface area is 66.2 Å². The number of hydrogen-bond acceptors (Lipinski definition) is 6.